The predicted octanol–water partition coefficient (Wildman–Crippen LogP) is 3.25. The average molecular weight is 365 g/mol. The molecule has 0 aliphatic rings. The van der Waals surface area contributed by atoms with Crippen LogP contribution in [-0.4, -0.2) is 5.97 Å². The molecule has 0 unspecified atom stereocenters. The molecule has 4 aromatic rings. The first-order chi connectivity index (χ1) is 12.9. The number of aliphatic carboxylic acids is 1. The van der Waals surface area contributed by atoms with Crippen LogP contribution in [0.2, 0.25) is 0 Å². The highest BCUT2D eigenvalue weighted by molar-refractivity contribution is 6.05. The summed E-state index contributed by atoms with van der Waals surface area (Å²) in [4.78, 5) is 23.2. The van der Waals surface area contributed by atoms with Crippen molar-refractivity contribution in [1.82, 2.24) is 0 Å². The summed E-state index contributed by atoms with van der Waals surface area (Å²) < 4.78 is 24.3. The molecule has 0 atom stereocenters. The molecule has 6 heteroatoms. The summed E-state index contributed by atoms with van der Waals surface area (Å²) in [5, 5.41) is 12.4. The van der Waals surface area contributed by atoms with Crippen molar-refractivity contribution in [2.75, 3.05) is 0 Å². The lowest BCUT2D eigenvalue weighted by molar-refractivity contribution is -0.304. The lowest BCUT2D eigenvalue weighted by atomic mass is 9.97. The van der Waals surface area contributed by atoms with Crippen molar-refractivity contribution in [2.24, 2.45) is 0 Å². The summed E-state index contributed by atoms with van der Waals surface area (Å²) in [6.45, 7) is 3.45. The van der Waals surface area contributed by atoms with Gasteiger partial charge in [-0.25, -0.2) is 9.18 Å². The molecule has 0 aliphatic carbocycles. The molecule has 0 N–H and O–H groups in total. The standard InChI is InChI=1S/C21H15FO5/c1-10-14-7-16-17(12-3-5-13(22)6-4-12)9-26-19(16)11(2)20(14)27-21(25)15(10)8-18(23)24/h3-7,9H,8H2,1-2H3,(H,23,24)/p-1. The van der Waals surface area contributed by atoms with Gasteiger partial charge < -0.3 is 18.7 Å². The van der Waals surface area contributed by atoms with Crippen LogP contribution in [-0.2, 0) is 11.2 Å². The van der Waals surface area contributed by atoms with Crippen molar-refractivity contribution < 1.29 is 23.1 Å². The fourth-order valence-electron chi connectivity index (χ4n) is 3.40. The summed E-state index contributed by atoms with van der Waals surface area (Å²) in [7, 11) is 0. The highest BCUT2D eigenvalue weighted by Gasteiger charge is 2.19. The van der Waals surface area contributed by atoms with Crippen molar-refractivity contribution in [1.29, 1.82) is 0 Å². The number of hydrogen-bond donors (Lipinski definition) is 0. The molecular formula is C21H14FO5-. The first kappa shape index (κ1) is 17.0. The first-order valence-corrected chi connectivity index (χ1v) is 8.29. The van der Waals surface area contributed by atoms with Crippen molar-refractivity contribution in [3.63, 3.8) is 0 Å². The van der Waals surface area contributed by atoms with Crippen LogP contribution in [0, 0.1) is 19.7 Å². The summed E-state index contributed by atoms with van der Waals surface area (Å²) >= 11 is 0. The molecule has 0 bridgehead atoms. The van der Waals surface area contributed by atoms with Crippen molar-refractivity contribution >= 4 is 27.9 Å². The molecule has 2 aromatic carbocycles. The van der Waals surface area contributed by atoms with Crippen LogP contribution < -0.4 is 10.7 Å². The van der Waals surface area contributed by atoms with E-state index in [0.717, 1.165) is 16.5 Å². The van der Waals surface area contributed by atoms with E-state index in [9.17, 15) is 19.1 Å². The zero-order valence-corrected chi connectivity index (χ0v) is 14.6. The molecule has 0 saturated carbocycles. The Hall–Kier alpha value is -3.41. The average Bonchev–Trinajstić information content (AvgIpc) is 3.05. The highest BCUT2D eigenvalue weighted by Crippen LogP contribution is 2.37. The Morgan fingerprint density at radius 3 is 2.44 bits per heavy atom. The minimum atomic E-state index is -1.35. The van der Waals surface area contributed by atoms with Crippen LogP contribution in [0.15, 0.2) is 50.2 Å². The highest BCUT2D eigenvalue weighted by atomic mass is 19.1. The van der Waals surface area contributed by atoms with E-state index in [2.05, 4.69) is 0 Å². The number of furan rings is 1. The maximum absolute atomic E-state index is 13.2. The number of hydrogen-bond acceptors (Lipinski definition) is 5. The summed E-state index contributed by atoms with van der Waals surface area (Å²) in [6.07, 6.45) is 1.05. The largest absolute Gasteiger partial charge is 0.550 e. The van der Waals surface area contributed by atoms with Crippen LogP contribution in [0.3, 0.4) is 0 Å². The Morgan fingerprint density at radius 2 is 1.78 bits per heavy atom. The molecule has 0 amide bonds. The molecule has 136 valence electrons. The number of benzene rings is 2. The van der Waals surface area contributed by atoms with Gasteiger partial charge in [-0.2, -0.15) is 0 Å². The van der Waals surface area contributed by atoms with E-state index >= 15 is 0 Å². The lowest BCUT2D eigenvalue weighted by Gasteiger charge is -2.10. The van der Waals surface area contributed by atoms with Gasteiger partial charge in [0.15, 0.2) is 0 Å². The molecule has 2 aromatic heterocycles. The fraction of sp³-hybridized carbons (Fsp3) is 0.143. The van der Waals surface area contributed by atoms with E-state index in [1.54, 1.807) is 38.3 Å². The van der Waals surface area contributed by atoms with Crippen molar-refractivity contribution in [3.05, 3.63) is 69.5 Å². The predicted molar refractivity (Wildman–Crippen MR) is 95.8 cm³/mol. The maximum Gasteiger partial charge on any atom is 0.340 e. The SMILES string of the molecule is Cc1c(CC(=O)[O-])c(=O)oc2c(C)c3occ(-c4ccc(F)cc4)c3cc12. The number of aryl methyl sites for hydroxylation is 2. The Kier molecular flexibility index (Phi) is 3.84. The number of carbonyl (C=O) groups excluding carboxylic acids is 1. The zero-order chi connectivity index (χ0) is 19.3. The normalized spacial score (nSPS) is 11.4. The number of carbonyl (C=O) groups is 1. The van der Waals surface area contributed by atoms with E-state index in [0.29, 0.717) is 27.7 Å². The van der Waals surface area contributed by atoms with Gasteiger partial charge in [0, 0.05) is 39.9 Å². The third kappa shape index (κ3) is 2.70. The third-order valence-electron chi connectivity index (χ3n) is 4.82. The van der Waals surface area contributed by atoms with Crippen LogP contribution in [0.5, 0.6) is 0 Å². The van der Waals surface area contributed by atoms with Crippen LogP contribution in [0.4, 0.5) is 4.39 Å². The Balaban J connectivity index is 2.05. The second-order valence-electron chi connectivity index (χ2n) is 6.45. The summed E-state index contributed by atoms with van der Waals surface area (Å²) in [5.41, 5.74) is 2.98. The Labute approximate surface area is 152 Å². The molecule has 2 heterocycles. The van der Waals surface area contributed by atoms with Gasteiger partial charge in [-0.1, -0.05) is 12.1 Å². The molecule has 5 nitrogen and oxygen atoms in total. The molecule has 0 spiro atoms. The molecule has 0 radical (unpaired) electrons. The molecule has 0 aliphatic heterocycles. The fourth-order valence-corrected chi connectivity index (χ4v) is 3.40. The van der Waals surface area contributed by atoms with E-state index in [1.807, 2.05) is 0 Å². The quantitative estimate of drug-likeness (QED) is 0.521. The Bertz CT molecular complexity index is 1260. The summed E-state index contributed by atoms with van der Waals surface area (Å²) in [5.74, 6) is -1.68. The number of carboxylic acids is 1. The third-order valence-corrected chi connectivity index (χ3v) is 4.82. The number of halogens is 1. The maximum atomic E-state index is 13.2. The van der Waals surface area contributed by atoms with Crippen molar-refractivity contribution in [3.8, 4) is 11.1 Å². The van der Waals surface area contributed by atoms with Gasteiger partial charge in [0.2, 0.25) is 0 Å². The van der Waals surface area contributed by atoms with Gasteiger partial charge >= 0.3 is 5.63 Å². The first-order valence-electron chi connectivity index (χ1n) is 8.29. The molecule has 4 rings (SSSR count). The Morgan fingerprint density at radius 1 is 1.07 bits per heavy atom. The van der Waals surface area contributed by atoms with E-state index in [1.165, 1.54) is 12.1 Å². The minimum absolute atomic E-state index is 0.0630. The number of fused-ring (bicyclic) bond motifs is 2. The molecule has 0 fully saturated rings. The van der Waals surface area contributed by atoms with Gasteiger partial charge in [0.25, 0.3) is 0 Å². The van der Waals surface area contributed by atoms with Gasteiger partial charge in [0.1, 0.15) is 17.0 Å². The van der Waals surface area contributed by atoms with Crippen molar-refractivity contribution in [2.45, 2.75) is 20.3 Å². The van der Waals surface area contributed by atoms with E-state index < -0.39 is 18.0 Å². The van der Waals surface area contributed by atoms with Gasteiger partial charge in [-0.3, -0.25) is 0 Å². The minimum Gasteiger partial charge on any atom is -0.550 e. The number of rotatable bonds is 3. The second kappa shape index (κ2) is 6.09. The lowest BCUT2D eigenvalue weighted by Crippen LogP contribution is -2.27. The topological polar surface area (TPSA) is 83.5 Å². The number of carboxylic acid groups (broad SMARTS) is 1. The smallest absolute Gasteiger partial charge is 0.340 e. The molecular weight excluding hydrogens is 351 g/mol. The second-order valence-corrected chi connectivity index (χ2v) is 6.45. The van der Waals surface area contributed by atoms with E-state index in [4.69, 9.17) is 8.83 Å². The van der Waals surface area contributed by atoms with Gasteiger partial charge in [-0.05, 0) is 43.2 Å². The zero-order valence-electron chi connectivity index (χ0n) is 14.6. The molecule has 0 saturated heterocycles. The van der Waals surface area contributed by atoms with Crippen LogP contribution in [0.1, 0.15) is 16.7 Å². The van der Waals surface area contributed by atoms with Crippen LogP contribution in [0.25, 0.3) is 33.1 Å². The monoisotopic (exact) mass is 365 g/mol. The van der Waals surface area contributed by atoms with Crippen LogP contribution >= 0.6 is 0 Å². The summed E-state index contributed by atoms with van der Waals surface area (Å²) in [6, 6.07) is 7.84. The molecule has 27 heavy (non-hydrogen) atoms. The van der Waals surface area contributed by atoms with Gasteiger partial charge in [-0.15, -0.1) is 0 Å². The van der Waals surface area contributed by atoms with Gasteiger partial charge in [0.05, 0.1) is 6.26 Å². The van der Waals surface area contributed by atoms with E-state index in [-0.39, 0.29) is 11.4 Å².